The number of aromatic hydroxyl groups is 1. The second kappa shape index (κ2) is 5.99. The van der Waals surface area contributed by atoms with Crippen molar-refractivity contribution in [1.29, 1.82) is 0 Å². The standard InChI is InChI=1S/C16H17F2NO2/c1-9-4-6-12(17)16(15(9)18)19-10(2)11-5-7-13(20)14(8-11)21-3/h4-8,10,19-20H,1-3H3. The summed E-state index contributed by atoms with van der Waals surface area (Å²) in [6.45, 7) is 3.35. The van der Waals surface area contributed by atoms with E-state index in [4.69, 9.17) is 4.74 Å². The summed E-state index contributed by atoms with van der Waals surface area (Å²) in [5.74, 6) is -0.920. The predicted octanol–water partition coefficient (Wildman–Crippen LogP) is 4.16. The van der Waals surface area contributed by atoms with E-state index < -0.39 is 11.6 Å². The quantitative estimate of drug-likeness (QED) is 0.889. The van der Waals surface area contributed by atoms with Crippen molar-refractivity contribution < 1.29 is 18.6 Å². The molecule has 0 aliphatic rings. The molecule has 0 bridgehead atoms. The fourth-order valence-corrected chi connectivity index (χ4v) is 2.05. The van der Waals surface area contributed by atoms with Gasteiger partial charge in [-0.15, -0.1) is 0 Å². The molecule has 2 N–H and O–H groups in total. The number of hydrogen-bond acceptors (Lipinski definition) is 3. The summed E-state index contributed by atoms with van der Waals surface area (Å²) in [6.07, 6.45) is 0. The second-order valence-electron chi connectivity index (χ2n) is 4.85. The van der Waals surface area contributed by atoms with E-state index in [0.29, 0.717) is 11.3 Å². The molecule has 0 heterocycles. The van der Waals surface area contributed by atoms with E-state index in [2.05, 4.69) is 5.32 Å². The van der Waals surface area contributed by atoms with Crippen molar-refractivity contribution in [3.63, 3.8) is 0 Å². The van der Waals surface area contributed by atoms with Gasteiger partial charge in [0, 0.05) is 6.04 Å². The number of hydrogen-bond donors (Lipinski definition) is 2. The van der Waals surface area contributed by atoms with Gasteiger partial charge in [-0.2, -0.15) is 0 Å². The molecule has 2 aromatic carbocycles. The lowest BCUT2D eigenvalue weighted by Crippen LogP contribution is -2.10. The number of benzene rings is 2. The van der Waals surface area contributed by atoms with Crippen LogP contribution in [0, 0.1) is 18.6 Å². The van der Waals surface area contributed by atoms with Crippen LogP contribution in [0.1, 0.15) is 24.1 Å². The second-order valence-corrected chi connectivity index (χ2v) is 4.85. The highest BCUT2D eigenvalue weighted by Crippen LogP contribution is 2.31. The van der Waals surface area contributed by atoms with E-state index in [1.807, 2.05) is 0 Å². The molecule has 1 unspecified atom stereocenters. The molecule has 0 aromatic heterocycles. The van der Waals surface area contributed by atoms with Crippen LogP contribution in [0.15, 0.2) is 30.3 Å². The smallest absolute Gasteiger partial charge is 0.160 e. The van der Waals surface area contributed by atoms with Crippen LogP contribution in [-0.4, -0.2) is 12.2 Å². The lowest BCUT2D eigenvalue weighted by molar-refractivity contribution is 0.373. The fourth-order valence-electron chi connectivity index (χ4n) is 2.05. The first-order valence-corrected chi connectivity index (χ1v) is 6.52. The highest BCUT2D eigenvalue weighted by molar-refractivity contribution is 5.51. The summed E-state index contributed by atoms with van der Waals surface area (Å²) in [4.78, 5) is 0. The Morgan fingerprint density at radius 3 is 2.57 bits per heavy atom. The number of ether oxygens (including phenoxy) is 1. The molecule has 112 valence electrons. The summed E-state index contributed by atoms with van der Waals surface area (Å²) in [7, 11) is 1.44. The Labute approximate surface area is 122 Å². The molecule has 0 saturated carbocycles. The monoisotopic (exact) mass is 293 g/mol. The number of phenols is 1. The topological polar surface area (TPSA) is 41.5 Å². The number of anilines is 1. The largest absolute Gasteiger partial charge is 0.504 e. The van der Waals surface area contributed by atoms with Crippen LogP contribution >= 0.6 is 0 Å². The Morgan fingerprint density at radius 2 is 1.90 bits per heavy atom. The minimum Gasteiger partial charge on any atom is -0.504 e. The molecule has 2 aromatic rings. The first kappa shape index (κ1) is 15.1. The zero-order chi connectivity index (χ0) is 15.6. The van der Waals surface area contributed by atoms with Gasteiger partial charge in [0.15, 0.2) is 17.3 Å². The Bertz CT molecular complexity index is 659. The summed E-state index contributed by atoms with van der Waals surface area (Å²) >= 11 is 0. The van der Waals surface area contributed by atoms with Crippen LogP contribution in [0.2, 0.25) is 0 Å². The molecule has 0 spiro atoms. The van der Waals surface area contributed by atoms with Crippen molar-refractivity contribution in [2.75, 3.05) is 12.4 Å². The molecule has 5 heteroatoms. The first-order valence-electron chi connectivity index (χ1n) is 6.52. The van der Waals surface area contributed by atoms with Gasteiger partial charge in [0.05, 0.1) is 7.11 Å². The molecule has 21 heavy (non-hydrogen) atoms. The Morgan fingerprint density at radius 1 is 1.19 bits per heavy atom. The molecule has 0 aliphatic heterocycles. The Kier molecular flexibility index (Phi) is 4.31. The average Bonchev–Trinajstić information content (AvgIpc) is 2.48. The van der Waals surface area contributed by atoms with Crippen molar-refractivity contribution in [3.8, 4) is 11.5 Å². The van der Waals surface area contributed by atoms with Gasteiger partial charge in [0.2, 0.25) is 0 Å². The molecule has 0 aliphatic carbocycles. The SMILES string of the molecule is COc1cc(C(C)Nc2c(F)ccc(C)c2F)ccc1O. The van der Waals surface area contributed by atoms with Gasteiger partial charge in [-0.3, -0.25) is 0 Å². The van der Waals surface area contributed by atoms with E-state index >= 15 is 0 Å². The van der Waals surface area contributed by atoms with Gasteiger partial charge in [-0.1, -0.05) is 12.1 Å². The number of rotatable bonds is 4. The summed E-state index contributed by atoms with van der Waals surface area (Å²) in [5.41, 5.74) is 0.953. The van der Waals surface area contributed by atoms with Gasteiger partial charge in [0.1, 0.15) is 11.5 Å². The van der Waals surface area contributed by atoms with Gasteiger partial charge in [-0.25, -0.2) is 8.78 Å². The van der Waals surface area contributed by atoms with E-state index in [9.17, 15) is 13.9 Å². The normalized spacial score (nSPS) is 12.0. The number of methoxy groups -OCH3 is 1. The zero-order valence-corrected chi connectivity index (χ0v) is 12.1. The summed E-state index contributed by atoms with van der Waals surface area (Å²) in [5, 5.41) is 12.4. The van der Waals surface area contributed by atoms with Crippen molar-refractivity contribution in [2.45, 2.75) is 19.9 Å². The maximum absolute atomic E-state index is 14.0. The van der Waals surface area contributed by atoms with Crippen LogP contribution in [0.25, 0.3) is 0 Å². The van der Waals surface area contributed by atoms with E-state index in [0.717, 1.165) is 5.56 Å². The molecule has 0 amide bonds. The minimum absolute atomic E-state index is 0.0152. The molecule has 0 radical (unpaired) electrons. The Balaban J connectivity index is 2.30. The molecule has 1 atom stereocenters. The molecular formula is C16H17F2NO2. The molecule has 2 rings (SSSR count). The highest BCUT2D eigenvalue weighted by atomic mass is 19.1. The first-order chi connectivity index (χ1) is 9.93. The van der Waals surface area contributed by atoms with Gasteiger partial charge in [-0.05, 0) is 43.2 Å². The summed E-state index contributed by atoms with van der Waals surface area (Å²) in [6, 6.07) is 7.04. The number of aryl methyl sites for hydroxylation is 1. The van der Waals surface area contributed by atoms with Crippen LogP contribution in [0.4, 0.5) is 14.5 Å². The van der Waals surface area contributed by atoms with Crippen molar-refractivity contribution in [2.24, 2.45) is 0 Å². The lowest BCUT2D eigenvalue weighted by atomic mass is 10.1. The maximum atomic E-state index is 14.0. The minimum atomic E-state index is -0.643. The number of phenolic OH excluding ortho intramolecular Hbond substituents is 1. The maximum Gasteiger partial charge on any atom is 0.160 e. The van der Waals surface area contributed by atoms with E-state index in [-0.39, 0.29) is 17.5 Å². The third kappa shape index (κ3) is 3.07. The molecule has 0 fully saturated rings. The third-order valence-corrected chi connectivity index (χ3v) is 3.35. The lowest BCUT2D eigenvalue weighted by Gasteiger charge is -2.18. The van der Waals surface area contributed by atoms with Gasteiger partial charge in [0.25, 0.3) is 0 Å². The van der Waals surface area contributed by atoms with Crippen LogP contribution < -0.4 is 10.1 Å². The van der Waals surface area contributed by atoms with E-state index in [1.165, 1.54) is 25.3 Å². The van der Waals surface area contributed by atoms with Gasteiger partial charge >= 0.3 is 0 Å². The van der Waals surface area contributed by atoms with Crippen LogP contribution in [0.5, 0.6) is 11.5 Å². The van der Waals surface area contributed by atoms with Gasteiger partial charge < -0.3 is 15.2 Å². The fraction of sp³-hybridized carbons (Fsp3) is 0.250. The predicted molar refractivity (Wildman–Crippen MR) is 77.8 cm³/mol. The molecular weight excluding hydrogens is 276 g/mol. The van der Waals surface area contributed by atoms with Crippen molar-refractivity contribution >= 4 is 5.69 Å². The van der Waals surface area contributed by atoms with Crippen LogP contribution in [-0.2, 0) is 0 Å². The van der Waals surface area contributed by atoms with E-state index in [1.54, 1.807) is 26.0 Å². The highest BCUT2D eigenvalue weighted by Gasteiger charge is 2.15. The Hall–Kier alpha value is -2.30. The molecule has 0 saturated heterocycles. The average molecular weight is 293 g/mol. The van der Waals surface area contributed by atoms with Crippen molar-refractivity contribution in [3.05, 3.63) is 53.1 Å². The van der Waals surface area contributed by atoms with Crippen LogP contribution in [0.3, 0.4) is 0 Å². The van der Waals surface area contributed by atoms with Crippen molar-refractivity contribution in [1.82, 2.24) is 0 Å². The molecule has 3 nitrogen and oxygen atoms in total. The number of halogens is 2. The third-order valence-electron chi connectivity index (χ3n) is 3.35. The summed E-state index contributed by atoms with van der Waals surface area (Å²) < 4.78 is 32.8. The zero-order valence-electron chi connectivity index (χ0n) is 12.1. The number of nitrogens with one attached hydrogen (secondary N) is 1.